The van der Waals surface area contributed by atoms with Gasteiger partial charge in [0.2, 0.25) is 15.9 Å². The summed E-state index contributed by atoms with van der Waals surface area (Å²) in [6.07, 6.45) is 6.08. The number of nitrogens with one attached hydrogen (secondary N) is 3. The van der Waals surface area contributed by atoms with Crippen LogP contribution in [0.4, 0.5) is 25.0 Å². The molecule has 0 bridgehead atoms. The Kier molecular flexibility index (Phi) is 11.9. The number of nitrogens with two attached hydrogens (primary N) is 1. The number of urea groups is 1. The molecular weight excluding hydrogens is 618 g/mol. The van der Waals surface area contributed by atoms with Crippen LogP contribution in [0, 0.1) is 17.6 Å². The van der Waals surface area contributed by atoms with Crippen molar-refractivity contribution in [3.63, 3.8) is 0 Å². The Bertz CT molecular complexity index is 1600. The molecule has 14 heteroatoms. The first kappa shape index (κ1) is 34.6. The zero-order valence-electron chi connectivity index (χ0n) is 25.9. The highest BCUT2D eigenvalue weighted by atomic mass is 32.2. The number of likely N-dealkylation sites (tertiary alicyclic amines) is 1. The lowest BCUT2D eigenvalue weighted by atomic mass is 9.86. The van der Waals surface area contributed by atoms with Crippen LogP contribution in [0.3, 0.4) is 0 Å². The van der Waals surface area contributed by atoms with Crippen LogP contribution < -0.4 is 25.8 Å². The topological polar surface area (TPSA) is 156 Å². The Labute approximate surface area is 268 Å². The Hall–Kier alpha value is -4.30. The van der Waals surface area contributed by atoms with Crippen molar-refractivity contribution < 1.29 is 31.5 Å². The second-order valence-corrected chi connectivity index (χ2v) is 13.3. The molecule has 4 rings (SSSR count). The van der Waals surface area contributed by atoms with Crippen LogP contribution in [0.1, 0.15) is 61.9 Å². The molecule has 0 spiro atoms. The average molecular weight is 659 g/mol. The summed E-state index contributed by atoms with van der Waals surface area (Å²) in [5.41, 5.74) is 5.80. The summed E-state index contributed by atoms with van der Waals surface area (Å²) in [7, 11) is -3.35. The molecule has 1 atom stereocenters. The lowest BCUT2D eigenvalue weighted by Crippen LogP contribution is -2.46. The SMILES string of the molecule is CCCCC(NC(=O)Nc1cc(C(N)=O)c(F)cc1F)C1CCN(Cc2ccc(Oc3ccc(NS(=O)(=O)CC)cc3)nc2)CC1. The molecule has 1 aliphatic rings. The smallest absolute Gasteiger partial charge is 0.319 e. The standard InChI is InChI=1S/C32H40F2N6O5S/c1-3-5-6-28(37-32(42)38-29-17-25(31(35)41)26(33)18-27(29)34)22-13-15-40(16-14-22)20-21-7-12-30(36-19-21)45-24-10-8-23(9-11-24)39-46(43,44)4-2/h7-12,17-19,22,28,39H,3-6,13-16,20H2,1-2H3,(H2,35,41)(H2,37,38,42). The quantitative estimate of drug-likeness (QED) is 0.176. The molecule has 1 unspecified atom stereocenters. The van der Waals surface area contributed by atoms with Crippen LogP contribution in [-0.2, 0) is 16.6 Å². The van der Waals surface area contributed by atoms with Crippen LogP contribution in [0.2, 0.25) is 0 Å². The van der Waals surface area contributed by atoms with Crippen molar-refractivity contribution in [3.8, 4) is 11.6 Å². The molecule has 0 saturated carbocycles. The number of nitrogens with zero attached hydrogens (tertiary/aromatic N) is 2. The van der Waals surface area contributed by atoms with E-state index in [0.717, 1.165) is 56.8 Å². The molecule has 3 amide bonds. The van der Waals surface area contributed by atoms with E-state index in [9.17, 15) is 26.8 Å². The van der Waals surface area contributed by atoms with Crippen molar-refractivity contribution in [2.24, 2.45) is 11.7 Å². The molecule has 5 N–H and O–H groups in total. The molecule has 0 aliphatic carbocycles. The first-order valence-corrected chi connectivity index (χ1v) is 16.9. The summed E-state index contributed by atoms with van der Waals surface area (Å²) in [5, 5.41) is 5.37. The molecule has 2 aromatic carbocycles. The van der Waals surface area contributed by atoms with Crippen LogP contribution in [0.25, 0.3) is 0 Å². The van der Waals surface area contributed by atoms with Gasteiger partial charge in [0.05, 0.1) is 17.0 Å². The van der Waals surface area contributed by atoms with Gasteiger partial charge in [-0.3, -0.25) is 14.4 Å². The third kappa shape index (κ3) is 9.85. The van der Waals surface area contributed by atoms with E-state index in [1.807, 2.05) is 6.07 Å². The van der Waals surface area contributed by atoms with Crippen LogP contribution >= 0.6 is 0 Å². The van der Waals surface area contributed by atoms with Gasteiger partial charge in [0, 0.05) is 36.6 Å². The minimum absolute atomic E-state index is 0.0133. The van der Waals surface area contributed by atoms with E-state index >= 15 is 0 Å². The number of carbonyl (C=O) groups is 2. The second-order valence-electron chi connectivity index (χ2n) is 11.3. The van der Waals surface area contributed by atoms with Crippen LogP contribution in [0.5, 0.6) is 11.6 Å². The van der Waals surface area contributed by atoms with E-state index in [0.29, 0.717) is 29.9 Å². The first-order chi connectivity index (χ1) is 22.0. The van der Waals surface area contributed by atoms with Gasteiger partial charge in [-0.05, 0) is 81.1 Å². The highest BCUT2D eigenvalue weighted by Crippen LogP contribution is 2.27. The predicted molar refractivity (Wildman–Crippen MR) is 172 cm³/mol. The van der Waals surface area contributed by atoms with Crippen molar-refractivity contribution in [1.82, 2.24) is 15.2 Å². The van der Waals surface area contributed by atoms with Gasteiger partial charge in [0.15, 0.2) is 0 Å². The van der Waals surface area contributed by atoms with Crippen molar-refractivity contribution in [2.45, 2.75) is 58.5 Å². The fourth-order valence-electron chi connectivity index (χ4n) is 5.31. The maximum Gasteiger partial charge on any atom is 0.319 e. The minimum atomic E-state index is -3.35. The summed E-state index contributed by atoms with van der Waals surface area (Å²) in [4.78, 5) is 31.0. The summed E-state index contributed by atoms with van der Waals surface area (Å²) in [6, 6.07) is 11.0. The molecule has 11 nitrogen and oxygen atoms in total. The van der Waals surface area contributed by atoms with E-state index in [1.165, 1.54) is 0 Å². The van der Waals surface area contributed by atoms with Crippen molar-refractivity contribution in [1.29, 1.82) is 0 Å². The molecule has 46 heavy (non-hydrogen) atoms. The Morgan fingerprint density at radius 2 is 1.78 bits per heavy atom. The van der Waals surface area contributed by atoms with E-state index in [-0.39, 0.29) is 23.4 Å². The maximum atomic E-state index is 14.3. The molecule has 1 aliphatic heterocycles. The number of unbranched alkanes of at least 4 members (excludes halogenated alkanes) is 1. The van der Waals surface area contributed by atoms with E-state index in [2.05, 4.69) is 32.2 Å². The highest BCUT2D eigenvalue weighted by Gasteiger charge is 2.28. The van der Waals surface area contributed by atoms with Gasteiger partial charge in [0.25, 0.3) is 5.91 Å². The van der Waals surface area contributed by atoms with Crippen molar-refractivity contribution in [2.75, 3.05) is 28.9 Å². The van der Waals surface area contributed by atoms with Gasteiger partial charge in [-0.15, -0.1) is 0 Å². The number of carbonyl (C=O) groups excluding carboxylic acids is 2. The molecule has 2 heterocycles. The van der Waals surface area contributed by atoms with E-state index in [4.69, 9.17) is 10.5 Å². The first-order valence-electron chi connectivity index (χ1n) is 15.3. The number of benzene rings is 2. The highest BCUT2D eigenvalue weighted by molar-refractivity contribution is 7.92. The number of amides is 3. The molecule has 0 radical (unpaired) electrons. The van der Waals surface area contributed by atoms with Crippen LogP contribution in [0.15, 0.2) is 54.7 Å². The maximum absolute atomic E-state index is 14.3. The lowest BCUT2D eigenvalue weighted by Gasteiger charge is -2.36. The minimum Gasteiger partial charge on any atom is -0.439 e. The number of rotatable bonds is 14. The fraction of sp³-hybridized carbons (Fsp3) is 0.406. The summed E-state index contributed by atoms with van der Waals surface area (Å²) >= 11 is 0. The van der Waals surface area contributed by atoms with Gasteiger partial charge in [-0.1, -0.05) is 25.8 Å². The van der Waals surface area contributed by atoms with Gasteiger partial charge in [-0.2, -0.15) is 0 Å². The predicted octanol–water partition coefficient (Wildman–Crippen LogP) is 5.61. The number of aromatic nitrogens is 1. The third-order valence-electron chi connectivity index (χ3n) is 7.89. The third-order valence-corrected chi connectivity index (χ3v) is 9.20. The number of hydrogen-bond acceptors (Lipinski definition) is 7. The zero-order valence-corrected chi connectivity index (χ0v) is 26.7. The number of primary amides is 1. The van der Waals surface area contributed by atoms with Gasteiger partial charge in [-0.25, -0.2) is 27.0 Å². The normalized spacial score (nSPS) is 14.8. The van der Waals surface area contributed by atoms with E-state index in [1.54, 1.807) is 43.5 Å². The fourth-order valence-corrected chi connectivity index (χ4v) is 5.95. The van der Waals surface area contributed by atoms with Gasteiger partial charge >= 0.3 is 6.03 Å². The number of anilines is 2. The lowest BCUT2D eigenvalue weighted by molar-refractivity contribution is 0.0996. The Morgan fingerprint density at radius 3 is 2.39 bits per heavy atom. The largest absolute Gasteiger partial charge is 0.439 e. The van der Waals surface area contributed by atoms with Crippen LogP contribution in [-0.4, -0.2) is 55.1 Å². The summed E-state index contributed by atoms with van der Waals surface area (Å²) in [5.74, 6) is -2.01. The number of pyridine rings is 1. The molecular formula is C32H40F2N6O5S. The number of piperidine rings is 1. The molecule has 1 saturated heterocycles. The summed E-state index contributed by atoms with van der Waals surface area (Å²) < 4.78 is 59.9. The second kappa shape index (κ2) is 15.8. The monoisotopic (exact) mass is 658 g/mol. The Balaban J connectivity index is 1.28. The van der Waals surface area contributed by atoms with Gasteiger partial charge < -0.3 is 21.1 Å². The average Bonchev–Trinajstić information content (AvgIpc) is 3.02. The van der Waals surface area contributed by atoms with Crippen molar-refractivity contribution in [3.05, 3.63) is 77.5 Å². The molecule has 1 aromatic heterocycles. The number of ether oxygens (including phenoxy) is 1. The number of sulfonamides is 1. The Morgan fingerprint density at radius 1 is 1.07 bits per heavy atom. The number of halogens is 2. The van der Waals surface area contributed by atoms with Gasteiger partial charge in [0.1, 0.15) is 17.4 Å². The summed E-state index contributed by atoms with van der Waals surface area (Å²) in [6.45, 7) is 5.97. The molecule has 248 valence electrons. The van der Waals surface area contributed by atoms with E-state index < -0.39 is 39.2 Å². The zero-order chi connectivity index (χ0) is 33.3. The number of hydrogen-bond donors (Lipinski definition) is 4. The molecule has 3 aromatic rings. The van der Waals surface area contributed by atoms with Crippen molar-refractivity contribution >= 4 is 33.3 Å². The molecule has 1 fully saturated rings.